The van der Waals surface area contributed by atoms with Crippen LogP contribution in [-0.2, 0) is 4.74 Å². The van der Waals surface area contributed by atoms with E-state index in [2.05, 4.69) is 10.9 Å². The minimum atomic E-state index is -0.488. The van der Waals surface area contributed by atoms with Gasteiger partial charge >= 0.3 is 6.09 Å². The molecule has 0 heterocycles. The van der Waals surface area contributed by atoms with Crippen LogP contribution in [-0.4, -0.2) is 12.7 Å². The van der Waals surface area contributed by atoms with Crippen LogP contribution in [0.2, 0.25) is 0 Å². The molecule has 2 N–H and O–H groups in total. The molecule has 0 aromatic heterocycles. The molecular formula is C12H16N2O2. The summed E-state index contributed by atoms with van der Waals surface area (Å²) in [4.78, 5) is 11.1. The summed E-state index contributed by atoms with van der Waals surface area (Å²) in [6, 6.07) is 9.72. The largest absolute Gasteiger partial charge is 0.449 e. The van der Waals surface area contributed by atoms with Crippen LogP contribution in [0.15, 0.2) is 36.4 Å². The highest BCUT2D eigenvalue weighted by atomic mass is 16.5. The molecule has 86 valence electrons. The number of allylic oxidation sites excluding steroid dienone is 1. The van der Waals surface area contributed by atoms with E-state index in [-0.39, 0.29) is 0 Å². The first-order valence-corrected chi connectivity index (χ1v) is 5.18. The van der Waals surface area contributed by atoms with E-state index in [1.807, 2.05) is 43.3 Å². The molecule has 4 nitrogen and oxygen atoms in total. The summed E-state index contributed by atoms with van der Waals surface area (Å²) in [7, 11) is 0. The van der Waals surface area contributed by atoms with Gasteiger partial charge in [-0.1, -0.05) is 36.4 Å². The van der Waals surface area contributed by atoms with Crippen LogP contribution < -0.4 is 10.9 Å². The van der Waals surface area contributed by atoms with E-state index >= 15 is 0 Å². The van der Waals surface area contributed by atoms with Crippen molar-refractivity contribution in [1.29, 1.82) is 0 Å². The fourth-order valence-corrected chi connectivity index (χ4v) is 1.21. The van der Waals surface area contributed by atoms with Crippen molar-refractivity contribution >= 4 is 11.8 Å². The summed E-state index contributed by atoms with van der Waals surface area (Å²) >= 11 is 0. The summed E-state index contributed by atoms with van der Waals surface area (Å²) in [6.45, 7) is 4.00. The van der Waals surface area contributed by atoms with Crippen molar-refractivity contribution < 1.29 is 9.53 Å². The highest BCUT2D eigenvalue weighted by molar-refractivity contribution is 5.70. The summed E-state index contributed by atoms with van der Waals surface area (Å²) in [6.07, 6.45) is 1.39. The first kappa shape index (κ1) is 12.1. The third kappa shape index (κ3) is 3.65. The number of carbonyl (C=O) groups is 1. The van der Waals surface area contributed by atoms with E-state index in [1.54, 1.807) is 6.92 Å². The van der Waals surface area contributed by atoms with Gasteiger partial charge in [-0.2, -0.15) is 0 Å². The Bertz CT molecular complexity index is 361. The Hall–Kier alpha value is -1.97. The van der Waals surface area contributed by atoms with Crippen LogP contribution in [0.5, 0.6) is 0 Å². The monoisotopic (exact) mass is 220 g/mol. The first-order valence-electron chi connectivity index (χ1n) is 5.18. The van der Waals surface area contributed by atoms with Crippen molar-refractivity contribution in [1.82, 2.24) is 10.9 Å². The van der Waals surface area contributed by atoms with E-state index in [0.717, 1.165) is 11.3 Å². The molecule has 16 heavy (non-hydrogen) atoms. The maximum absolute atomic E-state index is 11.1. The van der Waals surface area contributed by atoms with Gasteiger partial charge < -0.3 is 4.74 Å². The highest BCUT2D eigenvalue weighted by Gasteiger charge is 2.02. The second-order valence-corrected chi connectivity index (χ2v) is 3.04. The number of amides is 1. The molecule has 0 aliphatic rings. The number of hydrogen-bond acceptors (Lipinski definition) is 3. The molecule has 0 atom stereocenters. The number of carbonyl (C=O) groups excluding carboxylic acids is 1. The third-order valence-corrected chi connectivity index (χ3v) is 1.95. The zero-order chi connectivity index (χ0) is 11.8. The molecule has 1 rings (SSSR count). The summed E-state index contributed by atoms with van der Waals surface area (Å²) < 4.78 is 4.73. The molecule has 0 saturated heterocycles. The van der Waals surface area contributed by atoms with Gasteiger partial charge in [0.15, 0.2) is 0 Å². The topological polar surface area (TPSA) is 50.4 Å². The van der Waals surface area contributed by atoms with Crippen LogP contribution in [0.4, 0.5) is 4.79 Å². The second-order valence-electron chi connectivity index (χ2n) is 3.04. The van der Waals surface area contributed by atoms with Gasteiger partial charge in [0.2, 0.25) is 0 Å². The molecule has 0 radical (unpaired) electrons. The standard InChI is InChI=1S/C12H16N2O2/c1-3-11(10-8-6-5-7-9-10)13-14-12(15)16-4-2/h3,5-9,13H,4H2,1-2H3,(H,14,15)/b11-3+. The highest BCUT2D eigenvalue weighted by Crippen LogP contribution is 2.09. The Morgan fingerprint density at radius 2 is 2.00 bits per heavy atom. The predicted octanol–water partition coefficient (Wildman–Crippen LogP) is 2.30. The van der Waals surface area contributed by atoms with Crippen LogP contribution in [0, 0.1) is 0 Å². The van der Waals surface area contributed by atoms with Gasteiger partial charge in [-0.05, 0) is 19.4 Å². The lowest BCUT2D eigenvalue weighted by Gasteiger charge is -2.11. The van der Waals surface area contributed by atoms with Gasteiger partial charge in [-0.15, -0.1) is 0 Å². The SMILES string of the molecule is C/C=C(/NNC(=O)OCC)c1ccccc1. The first-order chi connectivity index (χ1) is 7.77. The molecule has 0 aliphatic heterocycles. The van der Waals surface area contributed by atoms with E-state index in [4.69, 9.17) is 4.74 Å². The Balaban J connectivity index is 2.55. The van der Waals surface area contributed by atoms with Crippen molar-refractivity contribution in [2.45, 2.75) is 13.8 Å². The van der Waals surface area contributed by atoms with Crippen LogP contribution in [0.3, 0.4) is 0 Å². The molecule has 4 heteroatoms. The van der Waals surface area contributed by atoms with E-state index in [0.29, 0.717) is 6.61 Å². The molecule has 1 amide bonds. The Kier molecular flexibility index (Phi) is 4.92. The third-order valence-electron chi connectivity index (χ3n) is 1.95. The number of rotatable bonds is 4. The Morgan fingerprint density at radius 3 is 2.56 bits per heavy atom. The quantitative estimate of drug-likeness (QED) is 0.765. The van der Waals surface area contributed by atoms with E-state index in [1.165, 1.54) is 0 Å². The molecule has 1 aromatic carbocycles. The molecule has 0 aliphatic carbocycles. The van der Waals surface area contributed by atoms with Gasteiger partial charge in [0.05, 0.1) is 12.3 Å². The number of ether oxygens (including phenoxy) is 1. The Morgan fingerprint density at radius 1 is 1.31 bits per heavy atom. The molecule has 0 saturated carbocycles. The lowest BCUT2D eigenvalue weighted by molar-refractivity contribution is 0.149. The predicted molar refractivity (Wildman–Crippen MR) is 63.4 cm³/mol. The Labute approximate surface area is 95.3 Å². The number of nitrogens with one attached hydrogen (secondary N) is 2. The lowest BCUT2D eigenvalue weighted by atomic mass is 10.1. The van der Waals surface area contributed by atoms with E-state index < -0.39 is 6.09 Å². The zero-order valence-corrected chi connectivity index (χ0v) is 9.49. The number of hydrazine groups is 1. The van der Waals surface area contributed by atoms with Gasteiger partial charge in [0, 0.05) is 0 Å². The molecule has 0 unspecified atom stereocenters. The van der Waals surface area contributed by atoms with Gasteiger partial charge in [0.1, 0.15) is 0 Å². The van der Waals surface area contributed by atoms with Crippen molar-refractivity contribution in [2.75, 3.05) is 6.61 Å². The van der Waals surface area contributed by atoms with Gasteiger partial charge in [-0.25, -0.2) is 10.2 Å². The van der Waals surface area contributed by atoms with Gasteiger partial charge in [-0.3, -0.25) is 5.43 Å². The minimum absolute atomic E-state index is 0.351. The van der Waals surface area contributed by atoms with Crippen molar-refractivity contribution in [3.05, 3.63) is 42.0 Å². The van der Waals surface area contributed by atoms with Crippen LogP contribution >= 0.6 is 0 Å². The average Bonchev–Trinajstić information content (AvgIpc) is 2.31. The smallest absolute Gasteiger partial charge is 0.425 e. The summed E-state index contributed by atoms with van der Waals surface area (Å²) in [5.74, 6) is 0. The van der Waals surface area contributed by atoms with Crippen LogP contribution in [0.1, 0.15) is 19.4 Å². The molecule has 0 fully saturated rings. The lowest BCUT2D eigenvalue weighted by Crippen LogP contribution is -2.36. The number of benzene rings is 1. The summed E-state index contributed by atoms with van der Waals surface area (Å²) in [5, 5.41) is 0. The molecule has 0 spiro atoms. The maximum Gasteiger partial charge on any atom is 0.425 e. The molecule has 1 aromatic rings. The van der Waals surface area contributed by atoms with Crippen LogP contribution in [0.25, 0.3) is 5.70 Å². The van der Waals surface area contributed by atoms with Crippen molar-refractivity contribution in [3.8, 4) is 0 Å². The zero-order valence-electron chi connectivity index (χ0n) is 9.49. The average molecular weight is 220 g/mol. The second kappa shape index (κ2) is 6.50. The number of hydrogen-bond donors (Lipinski definition) is 2. The fraction of sp³-hybridized carbons (Fsp3) is 0.250. The minimum Gasteiger partial charge on any atom is -0.449 e. The molecule has 0 bridgehead atoms. The van der Waals surface area contributed by atoms with Gasteiger partial charge in [0.25, 0.3) is 0 Å². The summed E-state index contributed by atoms with van der Waals surface area (Å²) in [5.41, 5.74) is 7.09. The van der Waals surface area contributed by atoms with Crippen molar-refractivity contribution in [2.24, 2.45) is 0 Å². The normalized spacial score (nSPS) is 10.8. The molecular weight excluding hydrogens is 204 g/mol. The maximum atomic E-state index is 11.1. The van der Waals surface area contributed by atoms with E-state index in [9.17, 15) is 4.79 Å². The fourth-order valence-electron chi connectivity index (χ4n) is 1.21. The van der Waals surface area contributed by atoms with Crippen molar-refractivity contribution in [3.63, 3.8) is 0 Å².